The van der Waals surface area contributed by atoms with Crippen LogP contribution in [-0.4, -0.2) is 14.5 Å². The third kappa shape index (κ3) is 3.40. The molecule has 0 saturated carbocycles. The van der Waals surface area contributed by atoms with Gasteiger partial charge in [0.15, 0.2) is 5.82 Å². The number of alkyl halides is 2. The zero-order valence-corrected chi connectivity index (χ0v) is 12.0. The van der Waals surface area contributed by atoms with Crippen molar-refractivity contribution in [3.05, 3.63) is 54.1 Å². The molecule has 114 valence electrons. The fourth-order valence-electron chi connectivity index (χ4n) is 1.75. The number of halogens is 2. The van der Waals surface area contributed by atoms with E-state index in [4.69, 9.17) is 9.47 Å². The summed E-state index contributed by atoms with van der Waals surface area (Å²) in [5.41, 5.74) is 0. The summed E-state index contributed by atoms with van der Waals surface area (Å²) in [5, 5.41) is 2.37. The Labute approximate surface area is 128 Å². The van der Waals surface area contributed by atoms with Gasteiger partial charge < -0.3 is 9.47 Å². The topological polar surface area (TPSA) is 49.2 Å². The van der Waals surface area contributed by atoms with Crippen LogP contribution in [0.2, 0.25) is 0 Å². The first-order valence-corrected chi connectivity index (χ1v) is 7.20. The van der Waals surface area contributed by atoms with Crippen molar-refractivity contribution < 1.29 is 18.3 Å². The average Bonchev–Trinajstić information content (AvgIpc) is 3.17. The highest BCUT2D eigenvalue weighted by atomic mass is 32.1. The molecule has 0 spiro atoms. The van der Waals surface area contributed by atoms with Gasteiger partial charge in [0.2, 0.25) is 0 Å². The van der Waals surface area contributed by atoms with Gasteiger partial charge in [-0.3, -0.25) is 4.57 Å². The largest absolute Gasteiger partial charge is 0.486 e. The van der Waals surface area contributed by atoms with E-state index in [2.05, 4.69) is 9.97 Å². The molecule has 0 amide bonds. The molecule has 0 bridgehead atoms. The van der Waals surface area contributed by atoms with Crippen molar-refractivity contribution in [2.24, 2.45) is 0 Å². The first-order chi connectivity index (χ1) is 10.7. The normalized spacial score (nSPS) is 10.9. The minimum atomic E-state index is -2.63. The van der Waals surface area contributed by atoms with Crippen LogP contribution in [0.25, 0.3) is 0 Å². The van der Waals surface area contributed by atoms with Crippen molar-refractivity contribution in [3.8, 4) is 16.7 Å². The number of rotatable bonds is 6. The summed E-state index contributed by atoms with van der Waals surface area (Å²) in [4.78, 5) is 7.86. The van der Waals surface area contributed by atoms with Gasteiger partial charge in [0.1, 0.15) is 18.1 Å². The number of hydrogen-bond donors (Lipinski definition) is 0. The third-order valence-electron chi connectivity index (χ3n) is 2.77. The number of hydrogen-bond acceptors (Lipinski definition) is 5. The lowest BCUT2D eigenvalue weighted by Crippen LogP contribution is -2.07. The molecule has 0 aliphatic carbocycles. The summed E-state index contributed by atoms with van der Waals surface area (Å²) < 4.78 is 37.1. The molecule has 3 aromatic rings. The Balaban J connectivity index is 1.60. The van der Waals surface area contributed by atoms with Gasteiger partial charge in [0, 0.05) is 24.0 Å². The molecule has 0 unspecified atom stereocenters. The molecule has 5 nitrogen and oxygen atoms in total. The zero-order chi connectivity index (χ0) is 15.4. The van der Waals surface area contributed by atoms with Gasteiger partial charge in [0.05, 0.1) is 0 Å². The zero-order valence-electron chi connectivity index (χ0n) is 11.2. The first kappa shape index (κ1) is 14.5. The van der Waals surface area contributed by atoms with Crippen LogP contribution in [0, 0.1) is 0 Å². The Morgan fingerprint density at radius 1 is 1.09 bits per heavy atom. The Hall–Kier alpha value is -2.48. The molecule has 1 aromatic carbocycles. The van der Waals surface area contributed by atoms with Crippen LogP contribution in [0.15, 0.2) is 48.2 Å². The third-order valence-corrected chi connectivity index (χ3v) is 3.41. The van der Waals surface area contributed by atoms with Crippen LogP contribution in [0.1, 0.15) is 12.4 Å². The molecule has 3 rings (SSSR count). The molecule has 2 heterocycles. The lowest BCUT2D eigenvalue weighted by Gasteiger charge is -2.09. The highest BCUT2D eigenvalue weighted by Gasteiger charge is 2.11. The standard InChI is InChI=1S/C14H11F2N3O2S/c15-13(16)19-7-5-17-12(19)9-20-10-1-3-11(4-2-10)21-14-18-6-8-22-14/h1-8,13H,9H2. The van der Waals surface area contributed by atoms with E-state index in [0.717, 1.165) is 4.57 Å². The highest BCUT2D eigenvalue weighted by Crippen LogP contribution is 2.25. The Bertz CT molecular complexity index is 714. The second-order valence-electron chi connectivity index (χ2n) is 4.19. The van der Waals surface area contributed by atoms with E-state index >= 15 is 0 Å². The van der Waals surface area contributed by atoms with E-state index in [-0.39, 0.29) is 12.4 Å². The number of benzene rings is 1. The van der Waals surface area contributed by atoms with Gasteiger partial charge in [-0.2, -0.15) is 8.78 Å². The van der Waals surface area contributed by atoms with Crippen molar-refractivity contribution in [1.29, 1.82) is 0 Å². The molecule has 2 aromatic heterocycles. The van der Waals surface area contributed by atoms with Crippen LogP contribution in [0.3, 0.4) is 0 Å². The predicted octanol–water partition coefficient (Wildman–Crippen LogP) is 4.11. The van der Waals surface area contributed by atoms with E-state index in [0.29, 0.717) is 16.7 Å². The molecule has 0 saturated heterocycles. The van der Waals surface area contributed by atoms with E-state index in [1.54, 1.807) is 30.5 Å². The van der Waals surface area contributed by atoms with E-state index < -0.39 is 6.55 Å². The quantitative estimate of drug-likeness (QED) is 0.685. The van der Waals surface area contributed by atoms with Crippen LogP contribution in [0.4, 0.5) is 8.78 Å². The Kier molecular flexibility index (Phi) is 4.29. The Morgan fingerprint density at radius 2 is 1.86 bits per heavy atom. The molecule has 0 fully saturated rings. The summed E-state index contributed by atoms with van der Waals surface area (Å²) in [6.07, 6.45) is 4.19. The summed E-state index contributed by atoms with van der Waals surface area (Å²) >= 11 is 1.39. The molecule has 0 N–H and O–H groups in total. The summed E-state index contributed by atoms with van der Waals surface area (Å²) in [7, 11) is 0. The van der Waals surface area contributed by atoms with E-state index in [1.165, 1.54) is 23.7 Å². The number of imidazole rings is 1. The average molecular weight is 323 g/mol. The van der Waals surface area contributed by atoms with Gasteiger partial charge in [-0.15, -0.1) is 0 Å². The summed E-state index contributed by atoms with van der Waals surface area (Å²) in [5.74, 6) is 1.32. The molecule has 0 aliphatic heterocycles. The van der Waals surface area contributed by atoms with Crippen molar-refractivity contribution in [1.82, 2.24) is 14.5 Å². The van der Waals surface area contributed by atoms with Crippen LogP contribution in [0.5, 0.6) is 16.7 Å². The molecule has 0 radical (unpaired) electrons. The summed E-state index contributed by atoms with van der Waals surface area (Å²) in [6, 6.07) is 6.82. The van der Waals surface area contributed by atoms with Crippen molar-refractivity contribution in [2.75, 3.05) is 0 Å². The van der Waals surface area contributed by atoms with Gasteiger partial charge in [-0.1, -0.05) is 11.3 Å². The maximum absolute atomic E-state index is 12.7. The van der Waals surface area contributed by atoms with Crippen molar-refractivity contribution in [2.45, 2.75) is 13.2 Å². The lowest BCUT2D eigenvalue weighted by atomic mass is 10.3. The number of ether oxygens (including phenoxy) is 2. The molecule has 0 aliphatic rings. The van der Waals surface area contributed by atoms with Crippen molar-refractivity contribution in [3.63, 3.8) is 0 Å². The fraction of sp³-hybridized carbons (Fsp3) is 0.143. The predicted molar refractivity (Wildman–Crippen MR) is 76.4 cm³/mol. The maximum Gasteiger partial charge on any atom is 0.320 e. The monoisotopic (exact) mass is 323 g/mol. The van der Waals surface area contributed by atoms with E-state index in [9.17, 15) is 8.78 Å². The Morgan fingerprint density at radius 3 is 2.55 bits per heavy atom. The highest BCUT2D eigenvalue weighted by molar-refractivity contribution is 7.11. The van der Waals surface area contributed by atoms with Crippen LogP contribution in [-0.2, 0) is 6.61 Å². The minimum absolute atomic E-state index is 0.0377. The van der Waals surface area contributed by atoms with Crippen molar-refractivity contribution >= 4 is 11.3 Å². The van der Waals surface area contributed by atoms with E-state index in [1.807, 2.05) is 5.38 Å². The SMILES string of the molecule is FC(F)n1ccnc1COc1ccc(Oc2nccs2)cc1. The molecule has 22 heavy (non-hydrogen) atoms. The summed E-state index contributed by atoms with van der Waals surface area (Å²) in [6.45, 7) is -2.67. The van der Waals surface area contributed by atoms with Gasteiger partial charge in [-0.05, 0) is 24.3 Å². The van der Waals surface area contributed by atoms with Crippen LogP contribution >= 0.6 is 11.3 Å². The number of thiazole rings is 1. The fourth-order valence-corrected chi connectivity index (χ4v) is 2.25. The van der Waals surface area contributed by atoms with Gasteiger partial charge in [-0.25, -0.2) is 9.97 Å². The molecular weight excluding hydrogens is 312 g/mol. The number of aromatic nitrogens is 3. The lowest BCUT2D eigenvalue weighted by molar-refractivity contribution is 0.0632. The second-order valence-corrected chi connectivity index (χ2v) is 5.05. The second kappa shape index (κ2) is 6.52. The first-order valence-electron chi connectivity index (χ1n) is 6.32. The van der Waals surface area contributed by atoms with Crippen LogP contribution < -0.4 is 9.47 Å². The molecule has 8 heteroatoms. The van der Waals surface area contributed by atoms with Gasteiger partial charge in [0.25, 0.3) is 5.19 Å². The smallest absolute Gasteiger partial charge is 0.320 e. The minimum Gasteiger partial charge on any atom is -0.486 e. The number of nitrogens with zero attached hydrogens (tertiary/aromatic N) is 3. The molecule has 0 atom stereocenters. The maximum atomic E-state index is 12.7. The molecular formula is C14H11F2N3O2S. The van der Waals surface area contributed by atoms with Gasteiger partial charge >= 0.3 is 6.55 Å².